The Morgan fingerprint density at radius 3 is 2.62 bits per heavy atom. The van der Waals surface area contributed by atoms with Gasteiger partial charge in [-0.3, -0.25) is 9.69 Å². The number of hydrogen-bond donors (Lipinski definition) is 1. The van der Waals surface area contributed by atoms with Crippen LogP contribution in [0.25, 0.3) is 0 Å². The number of alkyl halides is 3. The van der Waals surface area contributed by atoms with Crippen LogP contribution in [0.1, 0.15) is 10.4 Å². The minimum absolute atomic E-state index is 0.0609. The van der Waals surface area contributed by atoms with Crippen molar-refractivity contribution in [3.8, 4) is 0 Å². The second kappa shape index (κ2) is 7.28. The molecule has 0 unspecified atom stereocenters. The number of rotatable bonds is 4. The molecule has 26 heavy (non-hydrogen) atoms. The van der Waals surface area contributed by atoms with Gasteiger partial charge in [-0.2, -0.15) is 13.2 Å². The van der Waals surface area contributed by atoms with E-state index < -0.39 is 17.5 Å². The molecule has 0 radical (unpaired) electrons. The summed E-state index contributed by atoms with van der Waals surface area (Å²) < 4.78 is 42.8. The van der Waals surface area contributed by atoms with E-state index >= 15 is 0 Å². The van der Waals surface area contributed by atoms with Crippen molar-refractivity contribution in [3.05, 3.63) is 54.1 Å². The molecular weight excluding hydrogens is 369 g/mol. The van der Waals surface area contributed by atoms with E-state index in [-0.39, 0.29) is 34.5 Å². The highest BCUT2D eigenvalue weighted by molar-refractivity contribution is 8.00. The summed E-state index contributed by atoms with van der Waals surface area (Å²) in [5.41, 5.74) is -3.70. The maximum Gasteiger partial charge on any atom is 0.446 e. The Hall–Kier alpha value is -2.68. The van der Waals surface area contributed by atoms with Crippen LogP contribution in [0.2, 0.25) is 0 Å². The van der Waals surface area contributed by atoms with E-state index in [2.05, 4.69) is 5.32 Å². The van der Waals surface area contributed by atoms with Crippen molar-refractivity contribution < 1.29 is 27.5 Å². The van der Waals surface area contributed by atoms with Gasteiger partial charge in [0.1, 0.15) is 6.61 Å². The van der Waals surface area contributed by atoms with Crippen LogP contribution in [0, 0.1) is 0 Å². The van der Waals surface area contributed by atoms with E-state index in [0.29, 0.717) is 12.2 Å². The van der Waals surface area contributed by atoms with E-state index in [1.54, 1.807) is 12.1 Å². The minimum Gasteiger partial charge on any atom is -0.447 e. The summed E-state index contributed by atoms with van der Waals surface area (Å²) in [6.07, 6.45) is -0.505. The van der Waals surface area contributed by atoms with Gasteiger partial charge in [0.2, 0.25) is 0 Å². The van der Waals surface area contributed by atoms with Crippen LogP contribution in [0.5, 0.6) is 0 Å². The highest BCUT2D eigenvalue weighted by Crippen LogP contribution is 2.40. The zero-order chi connectivity index (χ0) is 18.7. The number of halogens is 3. The zero-order valence-electron chi connectivity index (χ0n) is 13.2. The standard InChI is InChI=1S/C17H13F3N2O3S/c18-17(19,20)26-14-7-2-1-6-13(14)21-15(23)11-4-3-5-12(10-11)22-8-9-25-16(22)24/h1-7,10H,8-9H2,(H,21,23). The van der Waals surface area contributed by atoms with Crippen LogP contribution in [0.15, 0.2) is 53.4 Å². The molecule has 1 aliphatic rings. The fraction of sp³-hybridized carbons (Fsp3) is 0.176. The Balaban J connectivity index is 1.80. The van der Waals surface area contributed by atoms with Gasteiger partial charge in [0, 0.05) is 16.1 Å². The van der Waals surface area contributed by atoms with Crippen LogP contribution in [0.3, 0.4) is 0 Å². The summed E-state index contributed by atoms with van der Waals surface area (Å²) in [6.45, 7) is 0.631. The molecule has 0 saturated carbocycles. The maximum absolute atomic E-state index is 12.6. The first-order valence-corrected chi connectivity index (χ1v) is 8.35. The van der Waals surface area contributed by atoms with E-state index in [0.717, 1.165) is 0 Å². The Labute approximate surface area is 151 Å². The van der Waals surface area contributed by atoms with Gasteiger partial charge in [0.25, 0.3) is 5.91 Å². The van der Waals surface area contributed by atoms with E-state index in [1.165, 1.54) is 41.3 Å². The second-order valence-electron chi connectivity index (χ2n) is 5.31. The van der Waals surface area contributed by atoms with Crippen molar-refractivity contribution in [2.45, 2.75) is 10.4 Å². The number of amides is 2. The van der Waals surface area contributed by atoms with Gasteiger partial charge in [-0.1, -0.05) is 18.2 Å². The second-order valence-corrected chi connectivity index (χ2v) is 6.42. The lowest BCUT2D eigenvalue weighted by atomic mass is 10.1. The molecule has 5 nitrogen and oxygen atoms in total. The normalized spacial score (nSPS) is 14.3. The predicted molar refractivity (Wildman–Crippen MR) is 91.4 cm³/mol. The molecular formula is C17H13F3N2O3S. The Morgan fingerprint density at radius 1 is 1.15 bits per heavy atom. The number of cyclic esters (lactones) is 1. The molecule has 1 heterocycles. The van der Waals surface area contributed by atoms with Gasteiger partial charge in [0.05, 0.1) is 12.2 Å². The van der Waals surface area contributed by atoms with Gasteiger partial charge in [-0.25, -0.2) is 4.79 Å². The number of anilines is 2. The summed E-state index contributed by atoms with van der Waals surface area (Å²) in [5, 5.41) is 2.48. The first-order chi connectivity index (χ1) is 12.3. The highest BCUT2D eigenvalue weighted by atomic mass is 32.2. The first-order valence-electron chi connectivity index (χ1n) is 7.54. The summed E-state index contributed by atoms with van der Waals surface area (Å²) >= 11 is -0.296. The third-order valence-corrected chi connectivity index (χ3v) is 4.35. The molecule has 0 bridgehead atoms. The number of carbonyl (C=O) groups is 2. The summed E-state index contributed by atoms with van der Waals surface area (Å²) in [5.74, 6) is -0.574. The number of thioether (sulfide) groups is 1. The lowest BCUT2D eigenvalue weighted by Crippen LogP contribution is -2.23. The van der Waals surface area contributed by atoms with Crippen molar-refractivity contribution in [2.75, 3.05) is 23.4 Å². The zero-order valence-corrected chi connectivity index (χ0v) is 14.1. The number of nitrogens with one attached hydrogen (secondary N) is 1. The smallest absolute Gasteiger partial charge is 0.446 e. The molecule has 1 saturated heterocycles. The molecule has 1 N–H and O–H groups in total. The number of carbonyl (C=O) groups excluding carboxylic acids is 2. The molecule has 2 aromatic carbocycles. The molecule has 136 valence electrons. The van der Waals surface area contributed by atoms with Gasteiger partial charge in [-0.15, -0.1) is 0 Å². The molecule has 2 amide bonds. The molecule has 0 aromatic heterocycles. The lowest BCUT2D eigenvalue weighted by molar-refractivity contribution is -0.0328. The number of nitrogens with zero attached hydrogens (tertiary/aromatic N) is 1. The fourth-order valence-electron chi connectivity index (χ4n) is 2.42. The maximum atomic E-state index is 12.6. The van der Waals surface area contributed by atoms with Gasteiger partial charge < -0.3 is 10.1 Å². The Kier molecular flexibility index (Phi) is 5.08. The average molecular weight is 382 g/mol. The molecule has 0 atom stereocenters. The topological polar surface area (TPSA) is 58.6 Å². The summed E-state index contributed by atoms with van der Waals surface area (Å²) in [4.78, 5) is 25.3. The SMILES string of the molecule is O=C(Nc1ccccc1SC(F)(F)F)c1cccc(N2CCOC2=O)c1. The number of hydrogen-bond acceptors (Lipinski definition) is 4. The van der Waals surface area contributed by atoms with Crippen molar-refractivity contribution in [1.29, 1.82) is 0 Å². The van der Waals surface area contributed by atoms with Crippen molar-refractivity contribution in [3.63, 3.8) is 0 Å². The van der Waals surface area contributed by atoms with Crippen LogP contribution in [-0.4, -0.2) is 30.7 Å². The predicted octanol–water partition coefficient (Wildman–Crippen LogP) is 4.51. The molecule has 1 fully saturated rings. The largest absolute Gasteiger partial charge is 0.447 e. The van der Waals surface area contributed by atoms with Crippen LogP contribution < -0.4 is 10.2 Å². The van der Waals surface area contributed by atoms with E-state index in [4.69, 9.17) is 4.74 Å². The van der Waals surface area contributed by atoms with E-state index in [1.807, 2.05) is 0 Å². The summed E-state index contributed by atoms with van der Waals surface area (Å²) in [7, 11) is 0. The van der Waals surface area contributed by atoms with E-state index in [9.17, 15) is 22.8 Å². The monoisotopic (exact) mass is 382 g/mol. The van der Waals surface area contributed by atoms with Gasteiger partial charge >= 0.3 is 11.6 Å². The van der Waals surface area contributed by atoms with Gasteiger partial charge in [-0.05, 0) is 42.1 Å². The third-order valence-electron chi connectivity index (χ3n) is 3.54. The molecule has 9 heteroatoms. The van der Waals surface area contributed by atoms with Crippen LogP contribution in [0.4, 0.5) is 29.3 Å². The van der Waals surface area contributed by atoms with Crippen molar-refractivity contribution in [2.24, 2.45) is 0 Å². The van der Waals surface area contributed by atoms with Crippen LogP contribution in [-0.2, 0) is 4.74 Å². The minimum atomic E-state index is -4.46. The van der Waals surface area contributed by atoms with Crippen molar-refractivity contribution in [1.82, 2.24) is 0 Å². The lowest BCUT2D eigenvalue weighted by Gasteiger charge is -2.15. The third kappa shape index (κ3) is 4.29. The first kappa shape index (κ1) is 18.1. The molecule has 2 aromatic rings. The van der Waals surface area contributed by atoms with Crippen molar-refractivity contribution >= 4 is 35.1 Å². The van der Waals surface area contributed by atoms with Crippen LogP contribution >= 0.6 is 11.8 Å². The molecule has 3 rings (SSSR count). The highest BCUT2D eigenvalue weighted by Gasteiger charge is 2.30. The molecule has 1 aliphatic heterocycles. The number of para-hydroxylation sites is 1. The van der Waals surface area contributed by atoms with Gasteiger partial charge in [0.15, 0.2) is 0 Å². The Bertz CT molecular complexity index is 842. The molecule has 0 spiro atoms. The number of benzene rings is 2. The molecule has 0 aliphatic carbocycles. The fourth-order valence-corrected chi connectivity index (χ4v) is 3.05. The number of ether oxygens (including phenoxy) is 1. The Morgan fingerprint density at radius 2 is 1.92 bits per heavy atom. The average Bonchev–Trinajstić information content (AvgIpc) is 3.01. The summed E-state index contributed by atoms with van der Waals surface area (Å²) in [6, 6.07) is 11.9. The quantitative estimate of drug-likeness (QED) is 0.791.